The van der Waals surface area contributed by atoms with Gasteiger partial charge in [-0.25, -0.2) is 0 Å². The molecule has 0 spiro atoms. The first kappa shape index (κ1) is 16.7. The van der Waals surface area contributed by atoms with Crippen LogP contribution in [0.25, 0.3) is 0 Å². The van der Waals surface area contributed by atoms with Gasteiger partial charge < -0.3 is 9.47 Å². The van der Waals surface area contributed by atoms with Crippen LogP contribution in [0.3, 0.4) is 0 Å². The first-order valence-electron chi connectivity index (χ1n) is 7.10. The SMILES string of the molecule is C=C[C](OCCCCCC)OCCCCCC. The summed E-state index contributed by atoms with van der Waals surface area (Å²) in [5.74, 6) is 0. The average molecular weight is 241 g/mol. The van der Waals surface area contributed by atoms with Gasteiger partial charge in [0, 0.05) is 0 Å². The zero-order chi connectivity index (χ0) is 12.8. The lowest BCUT2D eigenvalue weighted by atomic mass is 10.2. The van der Waals surface area contributed by atoms with Crippen molar-refractivity contribution in [3.63, 3.8) is 0 Å². The molecule has 0 N–H and O–H groups in total. The first-order valence-corrected chi connectivity index (χ1v) is 7.10. The van der Waals surface area contributed by atoms with E-state index in [-0.39, 0.29) is 0 Å². The minimum Gasteiger partial charge on any atom is -0.342 e. The number of ether oxygens (including phenoxy) is 2. The molecule has 0 aromatic heterocycles. The van der Waals surface area contributed by atoms with E-state index in [0.717, 1.165) is 26.1 Å². The molecule has 0 unspecified atom stereocenters. The number of hydrogen-bond donors (Lipinski definition) is 0. The van der Waals surface area contributed by atoms with Crippen molar-refractivity contribution in [3.8, 4) is 0 Å². The van der Waals surface area contributed by atoms with Crippen molar-refractivity contribution >= 4 is 0 Å². The fourth-order valence-corrected chi connectivity index (χ4v) is 1.56. The second kappa shape index (κ2) is 13.7. The van der Waals surface area contributed by atoms with Crippen LogP contribution in [-0.4, -0.2) is 13.2 Å². The van der Waals surface area contributed by atoms with Gasteiger partial charge in [-0.2, -0.15) is 0 Å². The largest absolute Gasteiger partial charge is 0.342 e. The van der Waals surface area contributed by atoms with Crippen LogP contribution in [0.2, 0.25) is 0 Å². The maximum atomic E-state index is 5.52. The highest BCUT2D eigenvalue weighted by Crippen LogP contribution is 2.10. The Labute approximate surface area is 107 Å². The van der Waals surface area contributed by atoms with Gasteiger partial charge in [0.1, 0.15) is 0 Å². The third-order valence-corrected chi connectivity index (χ3v) is 2.65. The van der Waals surface area contributed by atoms with E-state index in [4.69, 9.17) is 9.47 Å². The highest BCUT2D eigenvalue weighted by molar-refractivity contribution is 4.88. The predicted octanol–water partition coefficient (Wildman–Crippen LogP) is 4.86. The molecule has 0 fully saturated rings. The van der Waals surface area contributed by atoms with Crippen molar-refractivity contribution in [2.24, 2.45) is 0 Å². The zero-order valence-corrected chi connectivity index (χ0v) is 11.7. The van der Waals surface area contributed by atoms with Gasteiger partial charge in [0.2, 0.25) is 6.29 Å². The molecular weight excluding hydrogens is 212 g/mol. The van der Waals surface area contributed by atoms with Crippen molar-refractivity contribution in [1.82, 2.24) is 0 Å². The van der Waals surface area contributed by atoms with Crippen LogP contribution in [0.5, 0.6) is 0 Å². The van der Waals surface area contributed by atoms with E-state index < -0.39 is 0 Å². The molecule has 2 heteroatoms. The molecule has 0 aromatic carbocycles. The van der Waals surface area contributed by atoms with Gasteiger partial charge in [0.25, 0.3) is 0 Å². The molecule has 0 amide bonds. The lowest BCUT2D eigenvalue weighted by Gasteiger charge is -2.12. The Balaban J connectivity index is 3.33. The molecule has 0 heterocycles. The van der Waals surface area contributed by atoms with Crippen LogP contribution < -0.4 is 0 Å². The monoisotopic (exact) mass is 241 g/mol. The minimum absolute atomic E-state index is 0.595. The highest BCUT2D eigenvalue weighted by Gasteiger charge is 2.05. The van der Waals surface area contributed by atoms with Crippen LogP contribution in [0.15, 0.2) is 12.7 Å². The summed E-state index contributed by atoms with van der Waals surface area (Å²) in [5, 5.41) is 0. The van der Waals surface area contributed by atoms with Crippen LogP contribution in [0.1, 0.15) is 65.2 Å². The van der Waals surface area contributed by atoms with Gasteiger partial charge in [0.15, 0.2) is 0 Å². The lowest BCUT2D eigenvalue weighted by Crippen LogP contribution is -2.07. The molecule has 0 aliphatic heterocycles. The van der Waals surface area contributed by atoms with E-state index in [0.29, 0.717) is 6.29 Å². The molecule has 0 atom stereocenters. The second-order valence-corrected chi connectivity index (χ2v) is 4.34. The van der Waals surface area contributed by atoms with Crippen molar-refractivity contribution in [2.45, 2.75) is 65.2 Å². The van der Waals surface area contributed by atoms with E-state index in [1.165, 1.54) is 38.5 Å². The fourth-order valence-electron chi connectivity index (χ4n) is 1.56. The number of unbranched alkanes of at least 4 members (excludes halogenated alkanes) is 6. The maximum Gasteiger partial charge on any atom is 0.247 e. The minimum atomic E-state index is 0.595. The number of rotatable bonds is 13. The standard InChI is InChI=1S/C15H29O2/c1-4-7-9-11-13-16-15(6-3)17-14-12-10-8-5-2/h6H,3-5,7-14H2,1-2H3. The van der Waals surface area contributed by atoms with Gasteiger partial charge in [0.05, 0.1) is 13.2 Å². The van der Waals surface area contributed by atoms with Gasteiger partial charge in [-0.05, 0) is 18.9 Å². The highest BCUT2D eigenvalue weighted by atomic mass is 16.7. The summed E-state index contributed by atoms with van der Waals surface area (Å²) >= 11 is 0. The molecule has 0 saturated heterocycles. The summed E-state index contributed by atoms with van der Waals surface area (Å²) in [5.41, 5.74) is 0. The smallest absolute Gasteiger partial charge is 0.247 e. The first-order chi connectivity index (χ1) is 8.35. The molecule has 0 bridgehead atoms. The van der Waals surface area contributed by atoms with Crippen molar-refractivity contribution in [2.75, 3.05) is 13.2 Å². The predicted molar refractivity (Wildman–Crippen MR) is 73.6 cm³/mol. The van der Waals surface area contributed by atoms with Crippen LogP contribution in [0, 0.1) is 6.29 Å². The molecule has 0 saturated carbocycles. The third kappa shape index (κ3) is 11.9. The Morgan fingerprint density at radius 3 is 1.65 bits per heavy atom. The van der Waals surface area contributed by atoms with Crippen molar-refractivity contribution in [3.05, 3.63) is 18.9 Å². The van der Waals surface area contributed by atoms with Gasteiger partial charge in [-0.15, -0.1) is 0 Å². The molecule has 0 aromatic rings. The van der Waals surface area contributed by atoms with Gasteiger partial charge in [-0.3, -0.25) is 0 Å². The third-order valence-electron chi connectivity index (χ3n) is 2.65. The summed E-state index contributed by atoms with van der Waals surface area (Å²) in [6, 6.07) is 0. The summed E-state index contributed by atoms with van der Waals surface area (Å²) in [6.07, 6.45) is 12.0. The second-order valence-electron chi connectivity index (χ2n) is 4.34. The normalized spacial score (nSPS) is 11.0. The Kier molecular flexibility index (Phi) is 13.4. The summed E-state index contributed by atoms with van der Waals surface area (Å²) in [7, 11) is 0. The Bertz CT molecular complexity index is 143. The van der Waals surface area contributed by atoms with E-state index in [1.807, 2.05) is 0 Å². The topological polar surface area (TPSA) is 18.5 Å². The van der Waals surface area contributed by atoms with Crippen LogP contribution >= 0.6 is 0 Å². The maximum absolute atomic E-state index is 5.52. The summed E-state index contributed by atoms with van der Waals surface area (Å²) in [6.45, 7) is 9.62. The molecule has 0 aliphatic rings. The zero-order valence-electron chi connectivity index (χ0n) is 11.7. The Morgan fingerprint density at radius 2 is 1.29 bits per heavy atom. The van der Waals surface area contributed by atoms with E-state index in [9.17, 15) is 0 Å². The van der Waals surface area contributed by atoms with E-state index >= 15 is 0 Å². The Morgan fingerprint density at radius 1 is 0.824 bits per heavy atom. The van der Waals surface area contributed by atoms with Crippen molar-refractivity contribution in [1.29, 1.82) is 0 Å². The van der Waals surface area contributed by atoms with Gasteiger partial charge in [-0.1, -0.05) is 59.0 Å². The van der Waals surface area contributed by atoms with Crippen LogP contribution in [0.4, 0.5) is 0 Å². The van der Waals surface area contributed by atoms with E-state index in [1.54, 1.807) is 6.08 Å². The number of hydrogen-bond acceptors (Lipinski definition) is 2. The average Bonchev–Trinajstić information content (AvgIpc) is 2.36. The van der Waals surface area contributed by atoms with Crippen LogP contribution in [-0.2, 0) is 9.47 Å². The molecule has 2 nitrogen and oxygen atoms in total. The molecule has 101 valence electrons. The fraction of sp³-hybridized carbons (Fsp3) is 0.800. The van der Waals surface area contributed by atoms with E-state index in [2.05, 4.69) is 20.4 Å². The lowest BCUT2D eigenvalue weighted by molar-refractivity contribution is -0.0238. The summed E-state index contributed by atoms with van der Waals surface area (Å²) < 4.78 is 11.0. The molecule has 0 aliphatic carbocycles. The molecular formula is C15H29O2. The summed E-state index contributed by atoms with van der Waals surface area (Å²) in [4.78, 5) is 0. The molecule has 17 heavy (non-hydrogen) atoms. The molecule has 0 rings (SSSR count). The molecule has 1 radical (unpaired) electrons. The quantitative estimate of drug-likeness (QED) is 0.429. The van der Waals surface area contributed by atoms with Crippen molar-refractivity contribution < 1.29 is 9.47 Å². The van der Waals surface area contributed by atoms with Gasteiger partial charge >= 0.3 is 0 Å². The Hall–Kier alpha value is -0.340.